The summed E-state index contributed by atoms with van der Waals surface area (Å²) in [6.07, 6.45) is 6.29. The first-order valence-corrected chi connectivity index (χ1v) is 8.32. The van der Waals surface area contributed by atoms with Gasteiger partial charge in [-0.25, -0.2) is 4.98 Å². The van der Waals surface area contributed by atoms with Gasteiger partial charge in [0.25, 0.3) is 5.91 Å². The van der Waals surface area contributed by atoms with E-state index in [1.165, 1.54) is 0 Å². The molecule has 0 fully saturated rings. The maximum absolute atomic E-state index is 12.2. The van der Waals surface area contributed by atoms with E-state index in [-0.39, 0.29) is 5.91 Å². The summed E-state index contributed by atoms with van der Waals surface area (Å²) in [4.78, 5) is 16.2. The zero-order valence-electron chi connectivity index (χ0n) is 14.0. The highest BCUT2D eigenvalue weighted by molar-refractivity contribution is 5.94. The monoisotopic (exact) mass is 335 g/mol. The quantitative estimate of drug-likeness (QED) is 0.643. The first-order chi connectivity index (χ1) is 12.3. The minimum atomic E-state index is -0.0872. The maximum Gasteiger partial charge on any atom is 0.251 e. The number of aryl methyl sites for hydroxylation is 1. The fourth-order valence-electron chi connectivity index (χ4n) is 2.45. The van der Waals surface area contributed by atoms with Gasteiger partial charge in [0.2, 0.25) is 0 Å². The molecule has 3 aromatic rings. The second kappa shape index (κ2) is 8.68. The number of ether oxygens (including phenoxy) is 1. The molecule has 5 heteroatoms. The lowest BCUT2D eigenvalue weighted by Gasteiger charge is -2.09. The van der Waals surface area contributed by atoms with Crippen LogP contribution in [0.25, 0.3) is 0 Å². The zero-order valence-corrected chi connectivity index (χ0v) is 14.0. The predicted octanol–water partition coefficient (Wildman–Crippen LogP) is 3.28. The van der Waals surface area contributed by atoms with Crippen molar-refractivity contribution in [3.8, 4) is 5.75 Å². The van der Waals surface area contributed by atoms with Gasteiger partial charge in [0.1, 0.15) is 12.4 Å². The van der Waals surface area contributed by atoms with Crippen molar-refractivity contribution in [3.05, 3.63) is 84.4 Å². The first kappa shape index (κ1) is 16.8. The van der Waals surface area contributed by atoms with E-state index in [0.29, 0.717) is 24.5 Å². The molecule has 128 valence electrons. The Balaban J connectivity index is 1.47. The maximum atomic E-state index is 12.2. The molecule has 2 aromatic carbocycles. The van der Waals surface area contributed by atoms with E-state index in [9.17, 15) is 4.79 Å². The molecule has 1 heterocycles. The molecule has 1 N–H and O–H groups in total. The normalized spacial score (nSPS) is 10.4. The minimum absolute atomic E-state index is 0.0872. The fraction of sp³-hybridized carbons (Fsp3) is 0.200. The second-order valence-corrected chi connectivity index (χ2v) is 5.71. The number of hydrogen-bond donors (Lipinski definition) is 1. The Bertz CT molecular complexity index is 786. The Morgan fingerprint density at radius 2 is 2.00 bits per heavy atom. The van der Waals surface area contributed by atoms with E-state index >= 15 is 0 Å². The third-order valence-corrected chi connectivity index (χ3v) is 3.78. The predicted molar refractivity (Wildman–Crippen MR) is 96.4 cm³/mol. The van der Waals surface area contributed by atoms with Gasteiger partial charge < -0.3 is 14.6 Å². The van der Waals surface area contributed by atoms with Crippen LogP contribution in [0.2, 0.25) is 0 Å². The molecule has 1 amide bonds. The number of nitrogens with zero attached hydrogens (tertiary/aromatic N) is 2. The summed E-state index contributed by atoms with van der Waals surface area (Å²) in [6.45, 7) is 1.93. The molecule has 0 aliphatic carbocycles. The third kappa shape index (κ3) is 5.21. The van der Waals surface area contributed by atoms with Crippen LogP contribution in [0, 0.1) is 0 Å². The summed E-state index contributed by atoms with van der Waals surface area (Å²) in [6, 6.07) is 17.2. The van der Waals surface area contributed by atoms with E-state index in [1.54, 1.807) is 24.7 Å². The summed E-state index contributed by atoms with van der Waals surface area (Å²) < 4.78 is 7.76. The lowest BCUT2D eigenvalue weighted by molar-refractivity contribution is 0.0952. The van der Waals surface area contributed by atoms with Gasteiger partial charge in [0, 0.05) is 31.0 Å². The minimum Gasteiger partial charge on any atom is -0.489 e. The molecular weight excluding hydrogens is 314 g/mol. The van der Waals surface area contributed by atoms with Crippen LogP contribution in [0.15, 0.2) is 73.3 Å². The van der Waals surface area contributed by atoms with E-state index < -0.39 is 0 Å². The summed E-state index contributed by atoms with van der Waals surface area (Å²) in [7, 11) is 0. The third-order valence-electron chi connectivity index (χ3n) is 3.78. The van der Waals surface area contributed by atoms with Crippen molar-refractivity contribution < 1.29 is 9.53 Å². The zero-order chi connectivity index (χ0) is 17.3. The SMILES string of the molecule is O=C(NCCCn1ccnc1)c1cccc(OCc2ccccc2)c1. The van der Waals surface area contributed by atoms with Crippen LogP contribution in [0.5, 0.6) is 5.75 Å². The molecule has 0 radical (unpaired) electrons. The van der Waals surface area contributed by atoms with Crippen LogP contribution < -0.4 is 10.1 Å². The molecule has 0 unspecified atom stereocenters. The Morgan fingerprint density at radius 1 is 1.12 bits per heavy atom. The Labute approximate surface area is 147 Å². The second-order valence-electron chi connectivity index (χ2n) is 5.71. The van der Waals surface area contributed by atoms with Gasteiger partial charge in [-0.05, 0) is 30.2 Å². The molecule has 5 nitrogen and oxygen atoms in total. The highest BCUT2D eigenvalue weighted by Crippen LogP contribution is 2.15. The number of nitrogens with one attached hydrogen (secondary N) is 1. The molecule has 0 bridgehead atoms. The van der Waals surface area contributed by atoms with E-state index in [4.69, 9.17) is 4.74 Å². The molecule has 0 aliphatic rings. The van der Waals surface area contributed by atoms with Crippen molar-refractivity contribution in [2.75, 3.05) is 6.54 Å². The highest BCUT2D eigenvalue weighted by atomic mass is 16.5. The molecule has 0 aliphatic heterocycles. The largest absolute Gasteiger partial charge is 0.489 e. The molecule has 0 saturated heterocycles. The molecule has 25 heavy (non-hydrogen) atoms. The van der Waals surface area contributed by atoms with Gasteiger partial charge in [-0.2, -0.15) is 0 Å². The molecule has 0 spiro atoms. The van der Waals surface area contributed by atoms with Gasteiger partial charge in [-0.15, -0.1) is 0 Å². The van der Waals surface area contributed by atoms with E-state index in [2.05, 4.69) is 10.3 Å². The number of aromatic nitrogens is 2. The van der Waals surface area contributed by atoms with Gasteiger partial charge in [0.15, 0.2) is 0 Å². The fourth-order valence-corrected chi connectivity index (χ4v) is 2.45. The van der Waals surface area contributed by atoms with Gasteiger partial charge >= 0.3 is 0 Å². The van der Waals surface area contributed by atoms with Crippen molar-refractivity contribution in [2.24, 2.45) is 0 Å². The summed E-state index contributed by atoms with van der Waals surface area (Å²) in [5.74, 6) is 0.603. The molecule has 0 atom stereocenters. The number of amides is 1. The number of imidazole rings is 1. The Hall–Kier alpha value is -3.08. The first-order valence-electron chi connectivity index (χ1n) is 8.32. The van der Waals surface area contributed by atoms with Crippen molar-refractivity contribution in [1.82, 2.24) is 14.9 Å². The van der Waals surface area contributed by atoms with Gasteiger partial charge in [0.05, 0.1) is 6.33 Å². The standard InChI is InChI=1S/C20H21N3O2/c24-20(22-10-5-12-23-13-11-21-16-23)18-8-4-9-19(14-18)25-15-17-6-2-1-3-7-17/h1-4,6-9,11,13-14,16H,5,10,12,15H2,(H,22,24). The van der Waals surface area contributed by atoms with Crippen molar-refractivity contribution >= 4 is 5.91 Å². The van der Waals surface area contributed by atoms with Crippen LogP contribution in [0.3, 0.4) is 0 Å². The number of carbonyl (C=O) groups excluding carboxylic acids is 1. The average molecular weight is 335 g/mol. The smallest absolute Gasteiger partial charge is 0.251 e. The average Bonchev–Trinajstić information content (AvgIpc) is 3.18. The van der Waals surface area contributed by atoms with Crippen LogP contribution in [0.1, 0.15) is 22.3 Å². The molecule has 1 aromatic heterocycles. The summed E-state index contributed by atoms with van der Waals surface area (Å²) >= 11 is 0. The number of rotatable bonds is 8. The van der Waals surface area contributed by atoms with Crippen LogP contribution in [-0.4, -0.2) is 22.0 Å². The van der Waals surface area contributed by atoms with Crippen LogP contribution in [0.4, 0.5) is 0 Å². The van der Waals surface area contributed by atoms with Gasteiger partial charge in [-0.1, -0.05) is 36.4 Å². The van der Waals surface area contributed by atoms with Crippen molar-refractivity contribution in [1.29, 1.82) is 0 Å². The topological polar surface area (TPSA) is 56.2 Å². The number of carbonyl (C=O) groups is 1. The summed E-state index contributed by atoms with van der Waals surface area (Å²) in [5.41, 5.74) is 1.70. The Morgan fingerprint density at radius 3 is 2.80 bits per heavy atom. The van der Waals surface area contributed by atoms with Crippen molar-refractivity contribution in [2.45, 2.75) is 19.6 Å². The van der Waals surface area contributed by atoms with Crippen LogP contribution >= 0.6 is 0 Å². The van der Waals surface area contributed by atoms with E-state index in [0.717, 1.165) is 18.5 Å². The number of benzene rings is 2. The number of hydrogen-bond acceptors (Lipinski definition) is 3. The molecule has 0 saturated carbocycles. The lowest BCUT2D eigenvalue weighted by Crippen LogP contribution is -2.25. The highest BCUT2D eigenvalue weighted by Gasteiger charge is 2.06. The molecular formula is C20H21N3O2. The van der Waals surface area contributed by atoms with Gasteiger partial charge in [-0.3, -0.25) is 4.79 Å². The van der Waals surface area contributed by atoms with Crippen molar-refractivity contribution in [3.63, 3.8) is 0 Å². The van der Waals surface area contributed by atoms with E-state index in [1.807, 2.05) is 53.2 Å². The molecule has 3 rings (SSSR count). The van der Waals surface area contributed by atoms with Crippen LogP contribution in [-0.2, 0) is 13.2 Å². The Kier molecular flexibility index (Phi) is 5.82. The lowest BCUT2D eigenvalue weighted by atomic mass is 10.2. The summed E-state index contributed by atoms with van der Waals surface area (Å²) in [5, 5.41) is 2.93.